The fraction of sp³-hybridized carbons (Fsp3) is 0.0800. The average molecular weight is 529 g/mol. The summed E-state index contributed by atoms with van der Waals surface area (Å²) in [5, 5.41) is 3.65. The van der Waals surface area contributed by atoms with E-state index in [-0.39, 0.29) is 18.4 Å². The maximum Gasteiger partial charge on any atom is 0.270 e. The number of thiocarbonyl (C=S) groups is 1. The van der Waals surface area contributed by atoms with Gasteiger partial charge in [0.15, 0.2) is 10.9 Å². The molecule has 1 N–H and O–H groups in total. The first kappa shape index (κ1) is 24.3. The number of rotatable bonds is 6. The van der Waals surface area contributed by atoms with Crippen molar-refractivity contribution in [1.82, 2.24) is 0 Å². The largest absolute Gasteiger partial charge is 0.484 e. The molecule has 0 aliphatic carbocycles. The van der Waals surface area contributed by atoms with Crippen LogP contribution in [0.15, 0.2) is 71.6 Å². The quantitative estimate of drug-likeness (QED) is 0.284. The zero-order valence-corrected chi connectivity index (χ0v) is 21.0. The summed E-state index contributed by atoms with van der Waals surface area (Å²) in [5.41, 5.74) is 3.01. The first-order chi connectivity index (χ1) is 16.3. The molecular formula is C25H18Cl2N2O3S2. The van der Waals surface area contributed by atoms with Gasteiger partial charge in [-0.15, -0.1) is 0 Å². The topological polar surface area (TPSA) is 58.6 Å². The van der Waals surface area contributed by atoms with Gasteiger partial charge in [-0.3, -0.25) is 14.5 Å². The van der Waals surface area contributed by atoms with E-state index in [4.69, 9.17) is 40.2 Å². The normalized spacial score (nSPS) is 14.6. The molecule has 3 aromatic carbocycles. The standard InChI is InChI=1S/C25H18Cl2N2O3S2/c1-15-4-2-3-5-20(15)28-23(30)14-32-18-9-6-16(7-10-18)12-22-24(31)29(25(33)34-22)21-11-8-17(26)13-19(21)27/h2-13H,14H2,1H3,(H,28,30)/b22-12+. The Labute approximate surface area is 216 Å². The Bertz CT molecular complexity index is 1310. The summed E-state index contributed by atoms with van der Waals surface area (Å²) in [7, 11) is 0. The first-order valence-electron chi connectivity index (χ1n) is 10.1. The molecule has 1 aliphatic rings. The van der Waals surface area contributed by atoms with Crippen molar-refractivity contribution in [2.24, 2.45) is 0 Å². The number of carbonyl (C=O) groups is 2. The molecule has 1 saturated heterocycles. The lowest BCUT2D eigenvalue weighted by molar-refractivity contribution is -0.118. The van der Waals surface area contributed by atoms with Crippen LogP contribution in [0.25, 0.3) is 6.08 Å². The van der Waals surface area contributed by atoms with E-state index >= 15 is 0 Å². The summed E-state index contributed by atoms with van der Waals surface area (Å²) in [4.78, 5) is 27.0. The van der Waals surface area contributed by atoms with E-state index in [9.17, 15) is 9.59 Å². The molecule has 34 heavy (non-hydrogen) atoms. The predicted octanol–water partition coefficient (Wildman–Crippen LogP) is 6.73. The van der Waals surface area contributed by atoms with Gasteiger partial charge < -0.3 is 10.1 Å². The molecule has 0 unspecified atom stereocenters. The third-order valence-corrected chi connectivity index (χ3v) is 6.75. The highest BCUT2D eigenvalue weighted by Crippen LogP contribution is 2.39. The molecule has 2 amide bonds. The molecule has 0 saturated carbocycles. The number of amides is 2. The number of halogens is 2. The second-order valence-electron chi connectivity index (χ2n) is 7.33. The molecule has 1 heterocycles. The van der Waals surface area contributed by atoms with Crippen molar-refractivity contribution in [3.05, 3.63) is 92.8 Å². The number of nitrogens with one attached hydrogen (secondary N) is 1. The highest BCUT2D eigenvalue weighted by molar-refractivity contribution is 8.27. The maximum absolute atomic E-state index is 13.0. The van der Waals surface area contributed by atoms with Gasteiger partial charge in [-0.25, -0.2) is 0 Å². The molecule has 1 fully saturated rings. The Kier molecular flexibility index (Phi) is 7.58. The van der Waals surface area contributed by atoms with Gasteiger partial charge in [0, 0.05) is 10.7 Å². The summed E-state index contributed by atoms with van der Waals surface area (Å²) in [6.07, 6.45) is 1.75. The van der Waals surface area contributed by atoms with E-state index in [0.29, 0.717) is 30.7 Å². The van der Waals surface area contributed by atoms with Gasteiger partial charge in [-0.05, 0) is 60.5 Å². The van der Waals surface area contributed by atoms with Gasteiger partial charge in [0.1, 0.15) is 5.75 Å². The number of aryl methyl sites for hydroxylation is 1. The summed E-state index contributed by atoms with van der Waals surface area (Å²) in [6, 6.07) is 19.5. The van der Waals surface area contributed by atoms with Crippen LogP contribution in [0.1, 0.15) is 11.1 Å². The van der Waals surface area contributed by atoms with Crippen LogP contribution in [0.5, 0.6) is 5.75 Å². The van der Waals surface area contributed by atoms with Gasteiger partial charge in [0.25, 0.3) is 11.8 Å². The molecular weight excluding hydrogens is 511 g/mol. The Morgan fingerprint density at radius 2 is 1.85 bits per heavy atom. The van der Waals surface area contributed by atoms with Crippen LogP contribution in [0, 0.1) is 6.92 Å². The molecule has 172 valence electrons. The summed E-state index contributed by atoms with van der Waals surface area (Å²) in [5.74, 6) is 0.0351. The lowest BCUT2D eigenvalue weighted by Crippen LogP contribution is -2.27. The summed E-state index contributed by atoms with van der Waals surface area (Å²) >= 11 is 18.8. The number of thioether (sulfide) groups is 1. The lowest BCUT2D eigenvalue weighted by Gasteiger charge is -2.16. The second-order valence-corrected chi connectivity index (χ2v) is 9.85. The highest BCUT2D eigenvalue weighted by atomic mass is 35.5. The van der Waals surface area contributed by atoms with E-state index in [1.165, 1.54) is 16.7 Å². The number of ether oxygens (including phenoxy) is 1. The van der Waals surface area contributed by atoms with Crippen LogP contribution in [-0.4, -0.2) is 22.7 Å². The number of carbonyl (C=O) groups excluding carboxylic acids is 2. The van der Waals surface area contributed by atoms with Gasteiger partial charge >= 0.3 is 0 Å². The van der Waals surface area contributed by atoms with Gasteiger partial charge in [0.05, 0.1) is 15.6 Å². The molecule has 5 nitrogen and oxygen atoms in total. The Morgan fingerprint density at radius 3 is 2.56 bits per heavy atom. The van der Waals surface area contributed by atoms with Crippen LogP contribution in [0.4, 0.5) is 11.4 Å². The smallest absolute Gasteiger partial charge is 0.270 e. The van der Waals surface area contributed by atoms with Crippen LogP contribution in [0.3, 0.4) is 0 Å². The van der Waals surface area contributed by atoms with E-state index in [1.807, 2.05) is 31.2 Å². The Balaban J connectivity index is 1.39. The second kappa shape index (κ2) is 10.6. The van der Waals surface area contributed by atoms with Crippen molar-refractivity contribution in [2.45, 2.75) is 6.92 Å². The fourth-order valence-corrected chi connectivity index (χ4v) is 4.98. The number of nitrogens with zero attached hydrogens (tertiary/aromatic N) is 1. The minimum absolute atomic E-state index is 0.117. The van der Waals surface area contributed by atoms with Crippen LogP contribution < -0.4 is 15.0 Å². The minimum Gasteiger partial charge on any atom is -0.484 e. The van der Waals surface area contributed by atoms with E-state index in [0.717, 1.165) is 16.8 Å². The third kappa shape index (κ3) is 5.62. The number of hydrogen-bond donors (Lipinski definition) is 1. The van der Waals surface area contributed by atoms with Gasteiger partial charge in [-0.1, -0.05) is 77.5 Å². The average Bonchev–Trinajstić information content (AvgIpc) is 3.08. The Morgan fingerprint density at radius 1 is 1.12 bits per heavy atom. The summed E-state index contributed by atoms with van der Waals surface area (Å²) < 4.78 is 5.97. The molecule has 4 rings (SSSR count). The van der Waals surface area contributed by atoms with Crippen LogP contribution in [0.2, 0.25) is 10.0 Å². The third-order valence-electron chi connectivity index (χ3n) is 4.91. The van der Waals surface area contributed by atoms with Gasteiger partial charge in [0.2, 0.25) is 0 Å². The van der Waals surface area contributed by atoms with Crippen molar-refractivity contribution in [1.29, 1.82) is 0 Å². The molecule has 0 bridgehead atoms. The minimum atomic E-state index is -0.257. The van der Waals surface area contributed by atoms with Crippen molar-refractivity contribution in [3.63, 3.8) is 0 Å². The molecule has 0 spiro atoms. The zero-order chi connectivity index (χ0) is 24.2. The maximum atomic E-state index is 13.0. The predicted molar refractivity (Wildman–Crippen MR) is 144 cm³/mol. The first-order valence-corrected chi connectivity index (χ1v) is 12.1. The number of anilines is 2. The zero-order valence-electron chi connectivity index (χ0n) is 17.9. The summed E-state index contributed by atoms with van der Waals surface area (Å²) in [6.45, 7) is 1.81. The van der Waals surface area contributed by atoms with E-state index in [1.54, 1.807) is 48.5 Å². The van der Waals surface area contributed by atoms with Crippen molar-refractivity contribution < 1.29 is 14.3 Å². The molecule has 3 aromatic rings. The fourth-order valence-electron chi connectivity index (χ4n) is 3.20. The van der Waals surface area contributed by atoms with Crippen LogP contribution >= 0.6 is 47.2 Å². The van der Waals surface area contributed by atoms with Crippen molar-refractivity contribution in [3.8, 4) is 5.75 Å². The number of para-hydroxylation sites is 1. The SMILES string of the molecule is Cc1ccccc1NC(=O)COc1ccc(/C=C2/SC(=S)N(c3ccc(Cl)cc3Cl)C2=O)cc1. The highest BCUT2D eigenvalue weighted by Gasteiger charge is 2.34. The van der Waals surface area contributed by atoms with E-state index < -0.39 is 0 Å². The Hall–Kier alpha value is -2.84. The number of benzene rings is 3. The van der Waals surface area contributed by atoms with E-state index in [2.05, 4.69) is 5.32 Å². The molecule has 1 aliphatic heterocycles. The van der Waals surface area contributed by atoms with Crippen molar-refractivity contribution >= 4 is 80.8 Å². The lowest BCUT2D eigenvalue weighted by atomic mass is 10.2. The number of hydrogen-bond acceptors (Lipinski definition) is 5. The monoisotopic (exact) mass is 528 g/mol. The molecule has 0 radical (unpaired) electrons. The molecule has 0 aromatic heterocycles. The van der Waals surface area contributed by atoms with Gasteiger partial charge in [-0.2, -0.15) is 0 Å². The molecule has 0 atom stereocenters. The molecule has 9 heteroatoms. The van der Waals surface area contributed by atoms with Crippen molar-refractivity contribution in [2.75, 3.05) is 16.8 Å². The van der Waals surface area contributed by atoms with Crippen LogP contribution in [-0.2, 0) is 9.59 Å².